The average Bonchev–Trinajstić information content (AvgIpc) is 1.91. The number of hydrogen-bond donors (Lipinski definition) is 2. The maximum absolute atomic E-state index is 8.46. The van der Waals surface area contributed by atoms with Crippen molar-refractivity contribution in [1.29, 1.82) is 0 Å². The minimum absolute atomic E-state index is 0.0533. The molecule has 0 aromatic rings. The van der Waals surface area contributed by atoms with Crippen LogP contribution < -0.4 is 5.73 Å². The molecule has 0 aromatic carbocycles. The quantitative estimate of drug-likeness (QED) is 0.457. The molecule has 2 heteroatoms. The lowest BCUT2D eigenvalue weighted by molar-refractivity contribution is 0.434. The highest BCUT2D eigenvalue weighted by atomic mass is 16.3. The zero-order valence-corrected chi connectivity index (χ0v) is 6.59. The van der Waals surface area contributed by atoms with Crippen molar-refractivity contribution >= 4 is 0 Å². The molecule has 0 atom stereocenters. The van der Waals surface area contributed by atoms with Gasteiger partial charge in [-0.3, -0.25) is 0 Å². The van der Waals surface area contributed by atoms with E-state index in [0.29, 0.717) is 5.70 Å². The average molecular weight is 141 g/mol. The van der Waals surface area contributed by atoms with E-state index in [1.807, 2.05) is 13.8 Å². The number of aliphatic hydroxyl groups excluding tert-OH is 1. The Morgan fingerprint density at radius 3 is 2.00 bits per heavy atom. The van der Waals surface area contributed by atoms with E-state index in [2.05, 4.69) is 13.2 Å². The maximum Gasteiger partial charge on any atom is 0.110 e. The van der Waals surface area contributed by atoms with E-state index < -0.39 is 0 Å². The van der Waals surface area contributed by atoms with Gasteiger partial charge in [0.25, 0.3) is 0 Å². The molecule has 0 saturated carbocycles. The van der Waals surface area contributed by atoms with Gasteiger partial charge in [0.15, 0.2) is 0 Å². The van der Waals surface area contributed by atoms with Gasteiger partial charge in [0, 0.05) is 11.8 Å². The van der Waals surface area contributed by atoms with Gasteiger partial charge in [-0.1, -0.05) is 27.0 Å². The van der Waals surface area contributed by atoms with Crippen LogP contribution in [0.15, 0.2) is 36.8 Å². The summed E-state index contributed by atoms with van der Waals surface area (Å²) in [5, 5.41) is 8.46. The van der Waals surface area contributed by atoms with Crippen LogP contribution >= 0.6 is 0 Å². The van der Waals surface area contributed by atoms with E-state index in [9.17, 15) is 0 Å². The summed E-state index contributed by atoms with van der Waals surface area (Å²) in [6, 6.07) is 0. The van der Waals surface area contributed by atoms with Crippen LogP contribution in [0.2, 0.25) is 0 Å². The molecule has 0 saturated heterocycles. The highest BCUT2D eigenvalue weighted by Crippen LogP contribution is 1.89. The van der Waals surface area contributed by atoms with Crippen molar-refractivity contribution in [3.8, 4) is 0 Å². The summed E-state index contributed by atoms with van der Waals surface area (Å²) < 4.78 is 0. The molecule has 0 radical (unpaired) electrons. The summed E-state index contributed by atoms with van der Waals surface area (Å²) in [4.78, 5) is 0. The van der Waals surface area contributed by atoms with Gasteiger partial charge in [-0.05, 0) is 6.08 Å². The number of allylic oxidation sites excluding steroid dienone is 2. The summed E-state index contributed by atoms with van der Waals surface area (Å²) in [7, 11) is 0. The van der Waals surface area contributed by atoms with Gasteiger partial charge >= 0.3 is 0 Å². The second kappa shape index (κ2) is 7.82. The molecule has 0 rings (SSSR count). The third-order valence-electron chi connectivity index (χ3n) is 0.569. The van der Waals surface area contributed by atoms with E-state index >= 15 is 0 Å². The molecule has 0 aliphatic carbocycles. The minimum atomic E-state index is -0.0533. The Kier molecular flexibility index (Phi) is 9.07. The van der Waals surface area contributed by atoms with E-state index in [-0.39, 0.29) is 5.76 Å². The van der Waals surface area contributed by atoms with Gasteiger partial charge in [0.1, 0.15) is 5.76 Å². The largest absolute Gasteiger partial charge is 0.509 e. The molecule has 0 unspecified atom stereocenters. The van der Waals surface area contributed by atoms with E-state index in [0.717, 1.165) is 0 Å². The van der Waals surface area contributed by atoms with Gasteiger partial charge in [-0.2, -0.15) is 0 Å². The lowest BCUT2D eigenvalue weighted by Crippen LogP contribution is -1.91. The van der Waals surface area contributed by atoms with Crippen LogP contribution in [-0.4, -0.2) is 5.11 Å². The van der Waals surface area contributed by atoms with Crippen molar-refractivity contribution in [3.63, 3.8) is 0 Å². The maximum atomic E-state index is 8.46. The second-order valence-corrected chi connectivity index (χ2v) is 1.34. The fourth-order valence-electron chi connectivity index (χ4n) is 0.251. The van der Waals surface area contributed by atoms with E-state index in [1.165, 1.54) is 12.2 Å². The van der Waals surface area contributed by atoms with Crippen LogP contribution in [0.3, 0.4) is 0 Å². The topological polar surface area (TPSA) is 46.2 Å². The monoisotopic (exact) mass is 141 g/mol. The molecule has 0 amide bonds. The normalized spacial score (nSPS) is 9.20. The Balaban J connectivity index is 0. The van der Waals surface area contributed by atoms with Crippen molar-refractivity contribution in [2.75, 3.05) is 0 Å². The van der Waals surface area contributed by atoms with Gasteiger partial charge in [0.05, 0.1) is 0 Å². The Labute approximate surface area is 62.4 Å². The smallest absolute Gasteiger partial charge is 0.110 e. The molecule has 0 spiro atoms. The molecule has 3 N–H and O–H groups in total. The van der Waals surface area contributed by atoms with Gasteiger partial charge in [-0.25, -0.2) is 0 Å². The standard InChI is InChI=1S/C6H9NO.C2H6/c1-3-6(7)4-5(2)8;1-2/h3-4,8H,1-2,7H2;1-2H3/b6-4+;. The van der Waals surface area contributed by atoms with Crippen molar-refractivity contribution in [3.05, 3.63) is 36.8 Å². The highest BCUT2D eigenvalue weighted by molar-refractivity contribution is 5.20. The Bertz CT molecular complexity index is 136. The van der Waals surface area contributed by atoms with Crippen LogP contribution in [0.25, 0.3) is 0 Å². The molecule has 0 bridgehead atoms. The number of aliphatic hydroxyl groups is 1. The predicted octanol–water partition coefficient (Wildman–Crippen LogP) is 2.11. The first-order valence-electron chi connectivity index (χ1n) is 3.14. The van der Waals surface area contributed by atoms with Crippen LogP contribution in [0.5, 0.6) is 0 Å². The zero-order chi connectivity index (χ0) is 8.57. The van der Waals surface area contributed by atoms with Crippen molar-refractivity contribution < 1.29 is 5.11 Å². The molecule has 0 aromatic heterocycles. The van der Waals surface area contributed by atoms with Gasteiger partial charge < -0.3 is 10.8 Å². The first-order valence-corrected chi connectivity index (χ1v) is 3.14. The van der Waals surface area contributed by atoms with E-state index in [1.54, 1.807) is 0 Å². The first-order chi connectivity index (χ1) is 4.66. The number of rotatable bonds is 2. The summed E-state index contributed by atoms with van der Waals surface area (Å²) >= 11 is 0. The lowest BCUT2D eigenvalue weighted by Gasteiger charge is -1.87. The summed E-state index contributed by atoms with van der Waals surface area (Å²) in [5.74, 6) is -0.0533. The SMILES string of the molecule is C=C/C(N)=C\C(=C)O.CC. The molecule has 0 aliphatic rings. The van der Waals surface area contributed by atoms with Crippen molar-refractivity contribution in [2.45, 2.75) is 13.8 Å². The Hall–Kier alpha value is -1.18. The molecule has 58 valence electrons. The number of nitrogens with two attached hydrogens (primary N) is 1. The second-order valence-electron chi connectivity index (χ2n) is 1.34. The summed E-state index contributed by atoms with van der Waals surface area (Å²) in [6.07, 6.45) is 2.76. The number of hydrogen-bond acceptors (Lipinski definition) is 2. The van der Waals surface area contributed by atoms with Crippen molar-refractivity contribution in [2.24, 2.45) is 5.73 Å². The molecule has 10 heavy (non-hydrogen) atoms. The third kappa shape index (κ3) is 9.94. The van der Waals surface area contributed by atoms with Crippen LogP contribution in [-0.2, 0) is 0 Å². The van der Waals surface area contributed by atoms with Crippen LogP contribution in [0, 0.1) is 0 Å². The highest BCUT2D eigenvalue weighted by Gasteiger charge is 1.79. The molecule has 2 nitrogen and oxygen atoms in total. The molecular weight excluding hydrogens is 126 g/mol. The molecule has 0 fully saturated rings. The first kappa shape index (κ1) is 11.6. The lowest BCUT2D eigenvalue weighted by atomic mass is 10.4. The Morgan fingerprint density at radius 1 is 1.50 bits per heavy atom. The molecular formula is C8H15NO. The zero-order valence-electron chi connectivity index (χ0n) is 6.59. The van der Waals surface area contributed by atoms with Gasteiger partial charge in [-0.15, -0.1) is 0 Å². The van der Waals surface area contributed by atoms with E-state index in [4.69, 9.17) is 10.8 Å². The predicted molar refractivity (Wildman–Crippen MR) is 45.6 cm³/mol. The fourth-order valence-corrected chi connectivity index (χ4v) is 0.251. The van der Waals surface area contributed by atoms with Crippen LogP contribution in [0.1, 0.15) is 13.8 Å². The minimum Gasteiger partial charge on any atom is -0.509 e. The summed E-state index contributed by atoms with van der Waals surface area (Å²) in [5.41, 5.74) is 5.61. The third-order valence-corrected chi connectivity index (χ3v) is 0.569. The van der Waals surface area contributed by atoms with Gasteiger partial charge in [0.2, 0.25) is 0 Å². The van der Waals surface area contributed by atoms with Crippen molar-refractivity contribution in [1.82, 2.24) is 0 Å². The molecule has 0 heterocycles. The molecule has 0 aliphatic heterocycles. The summed E-state index contributed by atoms with van der Waals surface area (Å²) in [6.45, 7) is 10.6. The van der Waals surface area contributed by atoms with Crippen LogP contribution in [0.4, 0.5) is 0 Å². The Morgan fingerprint density at radius 2 is 1.90 bits per heavy atom. The fraction of sp³-hybridized carbons (Fsp3) is 0.250.